The summed E-state index contributed by atoms with van der Waals surface area (Å²) in [6, 6.07) is 10.6. The Morgan fingerprint density at radius 1 is 1.37 bits per heavy atom. The molecule has 19 heavy (non-hydrogen) atoms. The molecule has 1 aliphatic rings. The van der Waals surface area contributed by atoms with Crippen LogP contribution < -0.4 is 5.73 Å². The Hall–Kier alpha value is -0.510. The second-order valence-electron chi connectivity index (χ2n) is 5.57. The molecule has 0 aliphatic carbocycles. The molecule has 0 radical (unpaired) electrons. The van der Waals surface area contributed by atoms with Gasteiger partial charge in [0.05, 0.1) is 0 Å². The van der Waals surface area contributed by atoms with Gasteiger partial charge in [0.1, 0.15) is 0 Å². The third-order valence-electron chi connectivity index (χ3n) is 4.02. The van der Waals surface area contributed by atoms with E-state index in [0.717, 1.165) is 11.8 Å². The Morgan fingerprint density at radius 3 is 2.79 bits per heavy atom. The molecule has 1 aliphatic heterocycles. The molecule has 2 N–H and O–H groups in total. The lowest BCUT2D eigenvalue weighted by Crippen LogP contribution is -2.41. The molecule has 0 aromatic heterocycles. The van der Waals surface area contributed by atoms with E-state index >= 15 is 0 Å². The molecular weight excluding hydrogens is 252 g/mol. The van der Waals surface area contributed by atoms with Gasteiger partial charge in [0.15, 0.2) is 0 Å². The number of thioether (sulfide) groups is 1. The molecule has 1 aromatic carbocycles. The fourth-order valence-corrected chi connectivity index (χ4v) is 3.97. The number of benzene rings is 1. The second-order valence-corrected chi connectivity index (χ2v) is 6.98. The van der Waals surface area contributed by atoms with Crippen LogP contribution in [0.2, 0.25) is 0 Å². The summed E-state index contributed by atoms with van der Waals surface area (Å²) >= 11 is 2.13. The summed E-state index contributed by atoms with van der Waals surface area (Å²) in [7, 11) is 0. The Bertz CT molecular complexity index is 368. The topological polar surface area (TPSA) is 29.3 Å². The van der Waals surface area contributed by atoms with Crippen LogP contribution in [0.5, 0.6) is 0 Å². The van der Waals surface area contributed by atoms with Gasteiger partial charge < -0.3 is 10.6 Å². The van der Waals surface area contributed by atoms with Crippen molar-refractivity contribution < 1.29 is 0 Å². The van der Waals surface area contributed by atoms with E-state index in [1.54, 1.807) is 0 Å². The van der Waals surface area contributed by atoms with Crippen molar-refractivity contribution in [1.82, 2.24) is 4.90 Å². The largest absolute Gasteiger partial charge is 0.324 e. The fraction of sp³-hybridized carbons (Fsp3) is 0.625. The summed E-state index contributed by atoms with van der Waals surface area (Å²) in [5.41, 5.74) is 7.65. The maximum atomic E-state index is 6.39. The molecule has 2 rings (SSSR count). The van der Waals surface area contributed by atoms with Crippen molar-refractivity contribution in [3.63, 3.8) is 0 Å². The minimum atomic E-state index is 0.149. The molecule has 0 bridgehead atoms. The van der Waals surface area contributed by atoms with E-state index in [2.05, 4.69) is 60.8 Å². The summed E-state index contributed by atoms with van der Waals surface area (Å²) < 4.78 is 0. The minimum Gasteiger partial charge on any atom is -0.324 e. The Morgan fingerprint density at radius 2 is 2.11 bits per heavy atom. The van der Waals surface area contributed by atoms with E-state index < -0.39 is 0 Å². The highest BCUT2D eigenvalue weighted by molar-refractivity contribution is 8.00. The van der Waals surface area contributed by atoms with Crippen LogP contribution in [0.4, 0.5) is 0 Å². The number of hydrogen-bond donors (Lipinski definition) is 1. The predicted molar refractivity (Wildman–Crippen MR) is 85.5 cm³/mol. The Labute approximate surface area is 121 Å². The van der Waals surface area contributed by atoms with E-state index in [1.165, 1.54) is 30.8 Å². The highest BCUT2D eigenvalue weighted by atomic mass is 32.2. The molecule has 3 unspecified atom stereocenters. The fourth-order valence-electron chi connectivity index (χ4n) is 2.72. The molecule has 1 fully saturated rings. The van der Waals surface area contributed by atoms with Crippen LogP contribution in [-0.4, -0.2) is 35.5 Å². The zero-order valence-electron chi connectivity index (χ0n) is 12.1. The first kappa shape index (κ1) is 14.9. The zero-order valence-corrected chi connectivity index (χ0v) is 12.9. The standard InChI is InChI=1S/C16H26N2S/c1-3-15-12-18(9-10-19-15)11-13(2)16(17)14-7-5-4-6-8-14/h4-8,13,15-16H,3,9-12,17H2,1-2H3. The first-order chi connectivity index (χ1) is 9.20. The van der Waals surface area contributed by atoms with Crippen LogP contribution in [0.3, 0.4) is 0 Å². The van der Waals surface area contributed by atoms with Crippen LogP contribution in [-0.2, 0) is 0 Å². The normalized spacial score (nSPS) is 24.1. The summed E-state index contributed by atoms with van der Waals surface area (Å²) in [4.78, 5) is 2.60. The molecule has 1 aromatic rings. The van der Waals surface area contributed by atoms with Crippen LogP contribution in [0.1, 0.15) is 31.9 Å². The number of rotatable bonds is 5. The van der Waals surface area contributed by atoms with E-state index in [4.69, 9.17) is 5.73 Å². The van der Waals surface area contributed by atoms with Crippen molar-refractivity contribution in [2.24, 2.45) is 11.7 Å². The lowest BCUT2D eigenvalue weighted by Gasteiger charge is -2.35. The van der Waals surface area contributed by atoms with Crippen LogP contribution in [0.15, 0.2) is 30.3 Å². The maximum absolute atomic E-state index is 6.39. The van der Waals surface area contributed by atoms with Gasteiger partial charge in [-0.2, -0.15) is 11.8 Å². The van der Waals surface area contributed by atoms with Crippen molar-refractivity contribution in [3.8, 4) is 0 Å². The van der Waals surface area contributed by atoms with Crippen molar-refractivity contribution in [2.45, 2.75) is 31.6 Å². The average Bonchev–Trinajstić information content (AvgIpc) is 2.47. The summed E-state index contributed by atoms with van der Waals surface area (Å²) in [6.45, 7) is 8.13. The maximum Gasteiger partial charge on any atom is 0.0333 e. The summed E-state index contributed by atoms with van der Waals surface area (Å²) in [6.07, 6.45) is 1.28. The first-order valence-corrected chi connectivity index (χ1v) is 8.40. The predicted octanol–water partition coefficient (Wildman–Crippen LogP) is 3.15. The van der Waals surface area contributed by atoms with Crippen LogP contribution in [0, 0.1) is 5.92 Å². The summed E-state index contributed by atoms with van der Waals surface area (Å²) in [5.74, 6) is 1.77. The van der Waals surface area contributed by atoms with Gasteiger partial charge in [-0.3, -0.25) is 0 Å². The number of nitrogens with two attached hydrogens (primary N) is 1. The van der Waals surface area contributed by atoms with Crippen molar-refractivity contribution in [3.05, 3.63) is 35.9 Å². The zero-order chi connectivity index (χ0) is 13.7. The second kappa shape index (κ2) is 7.32. The van der Waals surface area contributed by atoms with Gasteiger partial charge in [0, 0.05) is 36.7 Å². The third kappa shape index (κ3) is 4.23. The van der Waals surface area contributed by atoms with Gasteiger partial charge in [0.2, 0.25) is 0 Å². The van der Waals surface area contributed by atoms with Crippen LogP contribution in [0.25, 0.3) is 0 Å². The van der Waals surface area contributed by atoms with Gasteiger partial charge >= 0.3 is 0 Å². The molecule has 2 nitrogen and oxygen atoms in total. The Balaban J connectivity index is 1.88. The average molecular weight is 278 g/mol. The smallest absolute Gasteiger partial charge is 0.0333 e. The van der Waals surface area contributed by atoms with Gasteiger partial charge in [-0.15, -0.1) is 0 Å². The van der Waals surface area contributed by atoms with Crippen molar-refractivity contribution in [2.75, 3.05) is 25.4 Å². The molecule has 3 heteroatoms. The lowest BCUT2D eigenvalue weighted by molar-refractivity contribution is 0.228. The summed E-state index contributed by atoms with van der Waals surface area (Å²) in [5, 5.41) is 0.814. The third-order valence-corrected chi connectivity index (χ3v) is 5.39. The molecule has 3 atom stereocenters. The van der Waals surface area contributed by atoms with Gasteiger partial charge in [-0.1, -0.05) is 44.2 Å². The van der Waals surface area contributed by atoms with E-state index in [0.29, 0.717) is 5.92 Å². The quantitative estimate of drug-likeness (QED) is 0.897. The number of hydrogen-bond acceptors (Lipinski definition) is 3. The first-order valence-electron chi connectivity index (χ1n) is 7.35. The van der Waals surface area contributed by atoms with Crippen LogP contribution >= 0.6 is 11.8 Å². The van der Waals surface area contributed by atoms with E-state index in [1.807, 2.05) is 0 Å². The molecule has 106 valence electrons. The molecule has 0 saturated carbocycles. The molecular formula is C16H26N2S. The van der Waals surface area contributed by atoms with Gasteiger partial charge in [0.25, 0.3) is 0 Å². The number of nitrogens with zero attached hydrogens (tertiary/aromatic N) is 1. The SMILES string of the molecule is CCC1CN(CC(C)C(N)c2ccccc2)CCS1. The van der Waals surface area contributed by atoms with E-state index in [-0.39, 0.29) is 6.04 Å². The van der Waals surface area contributed by atoms with Crippen molar-refractivity contribution >= 4 is 11.8 Å². The monoisotopic (exact) mass is 278 g/mol. The molecule has 1 saturated heterocycles. The minimum absolute atomic E-state index is 0.149. The molecule has 0 spiro atoms. The van der Waals surface area contributed by atoms with Crippen molar-refractivity contribution in [1.29, 1.82) is 0 Å². The highest BCUT2D eigenvalue weighted by Crippen LogP contribution is 2.24. The molecule has 1 heterocycles. The van der Waals surface area contributed by atoms with Gasteiger partial charge in [-0.25, -0.2) is 0 Å². The lowest BCUT2D eigenvalue weighted by atomic mass is 9.95. The van der Waals surface area contributed by atoms with E-state index in [9.17, 15) is 0 Å². The highest BCUT2D eigenvalue weighted by Gasteiger charge is 2.23. The molecule has 0 amide bonds. The van der Waals surface area contributed by atoms with Gasteiger partial charge in [-0.05, 0) is 17.9 Å². The Kier molecular flexibility index (Phi) is 5.74.